The van der Waals surface area contributed by atoms with E-state index in [1.54, 1.807) is 37.4 Å². The van der Waals surface area contributed by atoms with Crippen LogP contribution in [0.4, 0.5) is 5.69 Å². The van der Waals surface area contributed by atoms with Gasteiger partial charge < -0.3 is 14.6 Å². The largest absolute Gasteiger partial charge is 0.507 e. The molecule has 1 heterocycles. The molecule has 1 N–H and O–H groups in total. The number of aliphatic hydroxyl groups is 1. The first-order valence-electron chi connectivity index (χ1n) is 10.9. The standard InChI is InChI=1S/C28H27NO5/c1-16-9-8-10-19(13-16)25-24(26(30)20-14-18(3)23(34-5)15-17(20)2)27(31)28(32)29(25)21-11-6-7-12-22(21)33-4/h6-15,25,30H,1-5H3/b26-24+. The molecule has 0 bridgehead atoms. The molecular formula is C28H27NO5. The molecule has 0 radical (unpaired) electrons. The van der Waals surface area contributed by atoms with Gasteiger partial charge in [-0.2, -0.15) is 0 Å². The Morgan fingerprint density at radius 1 is 0.853 bits per heavy atom. The summed E-state index contributed by atoms with van der Waals surface area (Å²) in [5, 5.41) is 11.5. The van der Waals surface area contributed by atoms with E-state index in [1.807, 2.05) is 51.1 Å². The third-order valence-electron chi connectivity index (χ3n) is 6.14. The number of ether oxygens (including phenoxy) is 2. The first-order chi connectivity index (χ1) is 16.3. The van der Waals surface area contributed by atoms with Crippen molar-refractivity contribution < 1.29 is 24.2 Å². The maximum Gasteiger partial charge on any atom is 0.300 e. The number of hydrogen-bond donors (Lipinski definition) is 1. The summed E-state index contributed by atoms with van der Waals surface area (Å²) in [5.41, 5.74) is 4.20. The van der Waals surface area contributed by atoms with E-state index in [9.17, 15) is 14.7 Å². The Balaban J connectivity index is 2.01. The summed E-state index contributed by atoms with van der Waals surface area (Å²) in [6.45, 7) is 5.63. The van der Waals surface area contributed by atoms with Gasteiger partial charge in [0.15, 0.2) is 0 Å². The number of carbonyl (C=O) groups is 2. The fourth-order valence-electron chi connectivity index (χ4n) is 4.48. The van der Waals surface area contributed by atoms with Crippen LogP contribution in [0.5, 0.6) is 11.5 Å². The van der Waals surface area contributed by atoms with E-state index in [0.29, 0.717) is 22.7 Å². The molecular weight excluding hydrogens is 430 g/mol. The molecule has 0 aromatic heterocycles. The molecule has 1 aliphatic heterocycles. The van der Waals surface area contributed by atoms with Gasteiger partial charge in [0.2, 0.25) is 0 Å². The summed E-state index contributed by atoms with van der Waals surface area (Å²) in [7, 11) is 3.10. The van der Waals surface area contributed by atoms with Gasteiger partial charge in [0, 0.05) is 5.56 Å². The molecule has 1 fully saturated rings. The Morgan fingerprint density at radius 2 is 1.56 bits per heavy atom. The minimum atomic E-state index is -0.821. The summed E-state index contributed by atoms with van der Waals surface area (Å²) < 4.78 is 10.9. The van der Waals surface area contributed by atoms with E-state index >= 15 is 0 Å². The predicted molar refractivity (Wildman–Crippen MR) is 131 cm³/mol. The van der Waals surface area contributed by atoms with Gasteiger partial charge in [-0.1, -0.05) is 42.0 Å². The average molecular weight is 458 g/mol. The van der Waals surface area contributed by atoms with Gasteiger partial charge in [0.25, 0.3) is 11.7 Å². The van der Waals surface area contributed by atoms with E-state index in [0.717, 1.165) is 22.3 Å². The van der Waals surface area contributed by atoms with Gasteiger partial charge in [0.05, 0.1) is 31.5 Å². The van der Waals surface area contributed by atoms with Crippen molar-refractivity contribution in [1.29, 1.82) is 0 Å². The zero-order valence-electron chi connectivity index (χ0n) is 19.9. The van der Waals surface area contributed by atoms with Crippen LogP contribution in [0, 0.1) is 20.8 Å². The molecule has 174 valence electrons. The number of carbonyl (C=O) groups excluding carboxylic acids is 2. The van der Waals surface area contributed by atoms with Crippen LogP contribution in [-0.2, 0) is 9.59 Å². The second-order valence-corrected chi connectivity index (χ2v) is 8.39. The number of benzene rings is 3. The maximum atomic E-state index is 13.4. The summed E-state index contributed by atoms with van der Waals surface area (Å²) in [6, 6.07) is 17.4. The SMILES string of the molecule is COc1cc(C)c(/C(O)=C2\C(=O)C(=O)N(c3ccccc3OC)C2c2cccc(C)c2)cc1C. The molecule has 6 nitrogen and oxygen atoms in total. The molecule has 1 aliphatic rings. The van der Waals surface area contributed by atoms with Gasteiger partial charge in [-0.25, -0.2) is 0 Å². The van der Waals surface area contributed by atoms with Crippen LogP contribution in [0.2, 0.25) is 0 Å². The molecule has 3 aromatic rings. The van der Waals surface area contributed by atoms with E-state index in [1.165, 1.54) is 12.0 Å². The van der Waals surface area contributed by atoms with Crippen LogP contribution in [0.25, 0.3) is 5.76 Å². The lowest BCUT2D eigenvalue weighted by atomic mass is 9.92. The topological polar surface area (TPSA) is 76.1 Å². The van der Waals surface area contributed by atoms with Crippen molar-refractivity contribution in [2.24, 2.45) is 0 Å². The average Bonchev–Trinajstić information content (AvgIpc) is 3.10. The van der Waals surface area contributed by atoms with Gasteiger partial charge in [-0.05, 0) is 61.7 Å². The number of nitrogens with zero attached hydrogens (tertiary/aromatic N) is 1. The molecule has 6 heteroatoms. The van der Waals surface area contributed by atoms with Crippen molar-refractivity contribution in [3.63, 3.8) is 0 Å². The van der Waals surface area contributed by atoms with Crippen LogP contribution in [0.15, 0.2) is 66.2 Å². The Hall–Kier alpha value is -4.06. The number of rotatable bonds is 5. The van der Waals surface area contributed by atoms with Crippen LogP contribution in [-0.4, -0.2) is 31.0 Å². The van der Waals surface area contributed by atoms with E-state index < -0.39 is 17.7 Å². The minimum Gasteiger partial charge on any atom is -0.507 e. The van der Waals surface area contributed by atoms with Crippen molar-refractivity contribution in [2.45, 2.75) is 26.8 Å². The fraction of sp³-hybridized carbons (Fsp3) is 0.214. The van der Waals surface area contributed by atoms with E-state index in [-0.39, 0.29) is 11.3 Å². The zero-order chi connectivity index (χ0) is 24.6. The molecule has 0 aliphatic carbocycles. The van der Waals surface area contributed by atoms with Crippen LogP contribution < -0.4 is 14.4 Å². The molecule has 1 atom stereocenters. The Kier molecular flexibility index (Phi) is 6.16. The molecule has 0 spiro atoms. The van der Waals surface area contributed by atoms with Gasteiger partial charge in [-0.3, -0.25) is 14.5 Å². The lowest BCUT2D eigenvalue weighted by Gasteiger charge is -2.27. The molecule has 4 rings (SSSR count). The van der Waals surface area contributed by atoms with Crippen molar-refractivity contribution in [3.05, 3.63) is 94.1 Å². The number of hydrogen-bond acceptors (Lipinski definition) is 5. The van der Waals surface area contributed by atoms with Crippen molar-refractivity contribution in [2.75, 3.05) is 19.1 Å². The molecule has 34 heavy (non-hydrogen) atoms. The lowest BCUT2D eigenvalue weighted by Crippen LogP contribution is -2.29. The monoisotopic (exact) mass is 457 g/mol. The Labute approximate surface area is 199 Å². The van der Waals surface area contributed by atoms with E-state index in [2.05, 4.69) is 0 Å². The number of methoxy groups -OCH3 is 2. The Bertz CT molecular complexity index is 1320. The highest BCUT2D eigenvalue weighted by atomic mass is 16.5. The maximum absolute atomic E-state index is 13.4. The third-order valence-corrected chi connectivity index (χ3v) is 6.14. The first kappa shape index (κ1) is 23.1. The second kappa shape index (κ2) is 9.06. The number of anilines is 1. The molecule has 1 unspecified atom stereocenters. The third kappa shape index (κ3) is 3.81. The van der Waals surface area contributed by atoms with Gasteiger partial charge >= 0.3 is 0 Å². The van der Waals surface area contributed by atoms with Crippen LogP contribution >= 0.6 is 0 Å². The highest BCUT2D eigenvalue weighted by Crippen LogP contribution is 2.45. The highest BCUT2D eigenvalue weighted by molar-refractivity contribution is 6.52. The van der Waals surface area contributed by atoms with Crippen LogP contribution in [0.3, 0.4) is 0 Å². The van der Waals surface area contributed by atoms with Crippen molar-refractivity contribution >= 4 is 23.1 Å². The minimum absolute atomic E-state index is 0.0363. The number of aryl methyl sites for hydroxylation is 3. The van der Waals surface area contributed by atoms with Gasteiger partial charge in [0.1, 0.15) is 17.3 Å². The Morgan fingerprint density at radius 3 is 2.24 bits per heavy atom. The van der Waals surface area contributed by atoms with Gasteiger partial charge in [-0.15, -0.1) is 0 Å². The number of Topliss-reactive ketones (excluding diaryl/α,β-unsaturated/α-hetero) is 1. The smallest absolute Gasteiger partial charge is 0.300 e. The van der Waals surface area contributed by atoms with Crippen molar-refractivity contribution in [3.8, 4) is 11.5 Å². The number of para-hydroxylation sites is 2. The van der Waals surface area contributed by atoms with Crippen LogP contribution in [0.1, 0.15) is 33.9 Å². The lowest BCUT2D eigenvalue weighted by molar-refractivity contribution is -0.132. The number of aliphatic hydroxyl groups excluding tert-OH is 1. The fourth-order valence-corrected chi connectivity index (χ4v) is 4.48. The zero-order valence-corrected chi connectivity index (χ0v) is 19.9. The molecule has 3 aromatic carbocycles. The number of ketones is 1. The second-order valence-electron chi connectivity index (χ2n) is 8.39. The first-order valence-corrected chi connectivity index (χ1v) is 10.9. The highest BCUT2D eigenvalue weighted by Gasteiger charge is 2.47. The van der Waals surface area contributed by atoms with E-state index in [4.69, 9.17) is 9.47 Å². The predicted octanol–water partition coefficient (Wildman–Crippen LogP) is 5.26. The molecule has 0 saturated carbocycles. The quantitative estimate of drug-likeness (QED) is 0.322. The molecule has 1 saturated heterocycles. The normalized spacial score (nSPS) is 17.2. The summed E-state index contributed by atoms with van der Waals surface area (Å²) in [4.78, 5) is 28.2. The molecule has 1 amide bonds. The number of amides is 1. The summed E-state index contributed by atoms with van der Waals surface area (Å²) in [5.74, 6) is -0.550. The van der Waals surface area contributed by atoms with Crippen molar-refractivity contribution in [1.82, 2.24) is 0 Å². The summed E-state index contributed by atoms with van der Waals surface area (Å²) in [6.07, 6.45) is 0. The summed E-state index contributed by atoms with van der Waals surface area (Å²) >= 11 is 0.